The van der Waals surface area contributed by atoms with Crippen molar-refractivity contribution in [2.75, 3.05) is 19.0 Å². The second kappa shape index (κ2) is 10.2. The van der Waals surface area contributed by atoms with Crippen molar-refractivity contribution in [1.29, 1.82) is 0 Å². The van der Waals surface area contributed by atoms with E-state index in [1.807, 2.05) is 13.8 Å². The topological polar surface area (TPSA) is 78.3 Å². The molecule has 0 radical (unpaired) electrons. The van der Waals surface area contributed by atoms with Crippen LogP contribution in [0.3, 0.4) is 0 Å². The second-order valence-electron chi connectivity index (χ2n) is 8.05. The first-order chi connectivity index (χ1) is 16.4. The van der Waals surface area contributed by atoms with Crippen molar-refractivity contribution < 1.29 is 18.7 Å². The van der Waals surface area contributed by atoms with Gasteiger partial charge in [0.2, 0.25) is 0 Å². The highest BCUT2D eigenvalue weighted by Gasteiger charge is 2.18. The summed E-state index contributed by atoms with van der Waals surface area (Å²) >= 11 is 0. The van der Waals surface area contributed by atoms with Crippen LogP contribution in [0, 0.1) is 11.7 Å². The number of carbonyl (C=O) groups is 1. The summed E-state index contributed by atoms with van der Waals surface area (Å²) in [6.45, 7) is 4.48. The first-order valence-electron chi connectivity index (χ1n) is 10.8. The molecule has 3 aromatic carbocycles. The molecule has 0 spiro atoms. The highest BCUT2D eigenvalue weighted by Crippen LogP contribution is 2.27. The van der Waals surface area contributed by atoms with E-state index in [1.54, 1.807) is 73.8 Å². The molecule has 1 aromatic heterocycles. The van der Waals surface area contributed by atoms with Gasteiger partial charge in [-0.25, -0.2) is 9.07 Å². The predicted octanol–water partition coefficient (Wildman–Crippen LogP) is 5.37. The SMILES string of the molecule is COc1cccc(C(=O)Nc2ccc(-n3nc(OCC(C)C)nc3-c3ccccc3F)cc2)c1. The van der Waals surface area contributed by atoms with E-state index in [-0.39, 0.29) is 17.8 Å². The number of hydrogen-bond donors (Lipinski definition) is 1. The normalized spacial score (nSPS) is 10.9. The van der Waals surface area contributed by atoms with Crippen molar-refractivity contribution in [3.63, 3.8) is 0 Å². The number of anilines is 1. The van der Waals surface area contributed by atoms with E-state index < -0.39 is 5.82 Å². The van der Waals surface area contributed by atoms with E-state index in [0.29, 0.717) is 40.7 Å². The predicted molar refractivity (Wildman–Crippen MR) is 128 cm³/mol. The van der Waals surface area contributed by atoms with E-state index in [9.17, 15) is 9.18 Å². The number of nitrogens with zero attached hydrogens (tertiary/aromatic N) is 3. The number of aromatic nitrogens is 3. The van der Waals surface area contributed by atoms with Crippen LogP contribution >= 0.6 is 0 Å². The number of halogens is 1. The number of amides is 1. The Morgan fingerprint density at radius 2 is 1.82 bits per heavy atom. The molecule has 8 heteroatoms. The van der Waals surface area contributed by atoms with Crippen molar-refractivity contribution in [2.45, 2.75) is 13.8 Å². The third-order valence-corrected chi connectivity index (χ3v) is 4.95. The van der Waals surface area contributed by atoms with Gasteiger partial charge in [0.05, 0.1) is 25.0 Å². The summed E-state index contributed by atoms with van der Waals surface area (Å²) in [5.74, 6) is 0.546. The number of nitrogens with one attached hydrogen (secondary N) is 1. The summed E-state index contributed by atoms with van der Waals surface area (Å²) in [6.07, 6.45) is 0. The molecule has 34 heavy (non-hydrogen) atoms. The number of hydrogen-bond acceptors (Lipinski definition) is 5. The molecule has 0 aliphatic heterocycles. The molecule has 1 N–H and O–H groups in total. The van der Waals surface area contributed by atoms with Crippen molar-refractivity contribution in [2.24, 2.45) is 5.92 Å². The molecule has 0 aliphatic rings. The minimum absolute atomic E-state index is 0.169. The molecule has 0 atom stereocenters. The van der Waals surface area contributed by atoms with Crippen LogP contribution in [-0.2, 0) is 0 Å². The molecular weight excluding hydrogens is 435 g/mol. The lowest BCUT2D eigenvalue weighted by Gasteiger charge is -2.09. The monoisotopic (exact) mass is 460 g/mol. The Hall–Kier alpha value is -4.20. The summed E-state index contributed by atoms with van der Waals surface area (Å²) in [6, 6.07) is 20.5. The minimum atomic E-state index is -0.409. The fourth-order valence-corrected chi connectivity index (χ4v) is 3.25. The highest BCUT2D eigenvalue weighted by molar-refractivity contribution is 6.04. The molecule has 0 saturated heterocycles. The number of methoxy groups -OCH3 is 1. The number of ether oxygens (including phenoxy) is 2. The molecule has 7 nitrogen and oxygen atoms in total. The van der Waals surface area contributed by atoms with Crippen LogP contribution in [0.4, 0.5) is 10.1 Å². The zero-order chi connectivity index (χ0) is 24.1. The molecule has 0 saturated carbocycles. The van der Waals surface area contributed by atoms with Gasteiger partial charge < -0.3 is 14.8 Å². The molecule has 0 bridgehead atoms. The van der Waals surface area contributed by atoms with Gasteiger partial charge in [0.1, 0.15) is 11.6 Å². The van der Waals surface area contributed by atoms with Crippen molar-refractivity contribution >= 4 is 11.6 Å². The van der Waals surface area contributed by atoms with Gasteiger partial charge in [-0.3, -0.25) is 4.79 Å². The van der Waals surface area contributed by atoms with E-state index in [0.717, 1.165) is 0 Å². The molecule has 4 rings (SSSR count). The molecule has 0 unspecified atom stereocenters. The van der Waals surface area contributed by atoms with Gasteiger partial charge in [0.15, 0.2) is 5.82 Å². The largest absolute Gasteiger partial charge is 0.497 e. The van der Waals surface area contributed by atoms with Crippen LogP contribution in [0.25, 0.3) is 17.1 Å². The Labute approximate surface area is 197 Å². The van der Waals surface area contributed by atoms with Crippen molar-refractivity contribution in [1.82, 2.24) is 14.8 Å². The molecule has 1 amide bonds. The lowest BCUT2D eigenvalue weighted by Crippen LogP contribution is -2.12. The van der Waals surface area contributed by atoms with E-state index in [4.69, 9.17) is 9.47 Å². The summed E-state index contributed by atoms with van der Waals surface area (Å²) in [5, 5.41) is 7.30. The Balaban J connectivity index is 1.61. The maximum absolute atomic E-state index is 14.5. The summed E-state index contributed by atoms with van der Waals surface area (Å²) < 4.78 is 26.9. The van der Waals surface area contributed by atoms with Gasteiger partial charge in [-0.2, -0.15) is 4.98 Å². The summed E-state index contributed by atoms with van der Waals surface area (Å²) in [7, 11) is 1.55. The first kappa shape index (κ1) is 23.0. The third-order valence-electron chi connectivity index (χ3n) is 4.95. The summed E-state index contributed by atoms with van der Waals surface area (Å²) in [4.78, 5) is 17.0. The van der Waals surface area contributed by atoms with Gasteiger partial charge in [0, 0.05) is 11.3 Å². The maximum Gasteiger partial charge on any atom is 0.336 e. The van der Waals surface area contributed by atoms with Crippen LogP contribution in [0.15, 0.2) is 72.8 Å². The number of benzene rings is 3. The molecule has 4 aromatic rings. The Morgan fingerprint density at radius 3 is 2.53 bits per heavy atom. The zero-order valence-corrected chi connectivity index (χ0v) is 19.2. The number of rotatable bonds is 8. The Morgan fingerprint density at radius 1 is 1.06 bits per heavy atom. The Kier molecular flexibility index (Phi) is 6.87. The van der Waals surface area contributed by atoms with Crippen LogP contribution in [-0.4, -0.2) is 34.4 Å². The minimum Gasteiger partial charge on any atom is -0.497 e. The van der Waals surface area contributed by atoms with Gasteiger partial charge in [-0.15, -0.1) is 5.10 Å². The van der Waals surface area contributed by atoms with Crippen LogP contribution in [0.5, 0.6) is 11.8 Å². The van der Waals surface area contributed by atoms with Gasteiger partial charge in [0.25, 0.3) is 5.91 Å². The van der Waals surface area contributed by atoms with Crippen molar-refractivity contribution in [3.05, 3.63) is 84.2 Å². The zero-order valence-electron chi connectivity index (χ0n) is 19.2. The average molecular weight is 461 g/mol. The molecule has 1 heterocycles. The van der Waals surface area contributed by atoms with Gasteiger partial charge in [-0.1, -0.05) is 32.0 Å². The van der Waals surface area contributed by atoms with Crippen molar-refractivity contribution in [3.8, 4) is 28.8 Å². The van der Waals surface area contributed by atoms with E-state index in [2.05, 4.69) is 15.4 Å². The third kappa shape index (κ3) is 5.23. The maximum atomic E-state index is 14.5. The first-order valence-corrected chi connectivity index (χ1v) is 10.8. The second-order valence-corrected chi connectivity index (χ2v) is 8.05. The van der Waals surface area contributed by atoms with Crippen LogP contribution in [0.1, 0.15) is 24.2 Å². The lowest BCUT2D eigenvalue weighted by atomic mass is 10.2. The molecule has 0 aliphatic carbocycles. The smallest absolute Gasteiger partial charge is 0.336 e. The quantitative estimate of drug-likeness (QED) is 0.383. The van der Waals surface area contributed by atoms with Crippen LogP contribution < -0.4 is 14.8 Å². The molecular formula is C26H25FN4O3. The summed E-state index contributed by atoms with van der Waals surface area (Å²) in [5.41, 5.74) is 2.03. The Bertz CT molecular complexity index is 1290. The molecule has 0 fully saturated rings. The highest BCUT2D eigenvalue weighted by atomic mass is 19.1. The number of carbonyl (C=O) groups excluding carboxylic acids is 1. The van der Waals surface area contributed by atoms with E-state index in [1.165, 1.54) is 10.7 Å². The van der Waals surface area contributed by atoms with E-state index >= 15 is 0 Å². The fraction of sp³-hybridized carbons (Fsp3) is 0.192. The fourth-order valence-electron chi connectivity index (χ4n) is 3.25. The standard InChI is InChI=1S/C26H25FN4O3/c1-17(2)16-34-26-29-24(22-9-4-5-10-23(22)27)31(30-26)20-13-11-19(12-14-20)28-25(32)18-7-6-8-21(15-18)33-3/h4-15,17H,16H2,1-3H3,(H,28,32). The molecule has 174 valence electrons. The van der Waals surface area contributed by atoms with Gasteiger partial charge in [-0.05, 0) is 60.5 Å². The van der Waals surface area contributed by atoms with Crippen LogP contribution in [0.2, 0.25) is 0 Å². The average Bonchev–Trinajstić information content (AvgIpc) is 3.27. The lowest BCUT2D eigenvalue weighted by molar-refractivity contribution is 0.102. The van der Waals surface area contributed by atoms with Gasteiger partial charge >= 0.3 is 6.01 Å².